The Balaban J connectivity index is 2.46. The van der Waals surface area contributed by atoms with Crippen LogP contribution in [0, 0.1) is 15.9 Å². The van der Waals surface area contributed by atoms with Crippen LogP contribution in [0.1, 0.15) is 0 Å². The van der Waals surface area contributed by atoms with Gasteiger partial charge in [-0.2, -0.15) is 0 Å². The minimum absolute atomic E-state index is 0.0513. The molecule has 0 radical (unpaired) electrons. The summed E-state index contributed by atoms with van der Waals surface area (Å²) in [6.07, 6.45) is 0. The van der Waals surface area contributed by atoms with Gasteiger partial charge in [-0.05, 0) is 35.9 Å². The van der Waals surface area contributed by atoms with E-state index in [-0.39, 0.29) is 11.4 Å². The average molecular weight is 233 g/mol. The molecule has 0 fully saturated rings. The topological polar surface area (TPSA) is 63.4 Å². The van der Waals surface area contributed by atoms with E-state index in [1.54, 1.807) is 0 Å². The number of nitrogens with zero attached hydrogens (tertiary/aromatic N) is 1. The predicted molar refractivity (Wildman–Crippen MR) is 60.2 cm³/mol. The van der Waals surface area contributed by atoms with Crippen molar-refractivity contribution in [1.29, 1.82) is 0 Å². The summed E-state index contributed by atoms with van der Waals surface area (Å²) in [4.78, 5) is 9.95. The van der Waals surface area contributed by atoms with Gasteiger partial charge >= 0.3 is 0 Å². The molecule has 0 aromatic heterocycles. The smallest absolute Gasteiger partial charge is 0.269 e. The van der Waals surface area contributed by atoms with E-state index in [4.69, 9.17) is 0 Å². The summed E-state index contributed by atoms with van der Waals surface area (Å²) in [6, 6.07) is 9.10. The first-order valence-electron chi connectivity index (χ1n) is 4.81. The second-order valence-corrected chi connectivity index (χ2v) is 3.47. The van der Waals surface area contributed by atoms with Gasteiger partial charge in [-0.15, -0.1) is 0 Å². The van der Waals surface area contributed by atoms with Gasteiger partial charge in [-0.25, -0.2) is 4.39 Å². The number of hydrogen-bond acceptors (Lipinski definition) is 3. The third kappa shape index (κ3) is 2.23. The number of nitro benzene ring substituents is 1. The maximum Gasteiger partial charge on any atom is 0.269 e. The number of rotatable bonds is 2. The summed E-state index contributed by atoms with van der Waals surface area (Å²) in [5.74, 6) is -0.545. The summed E-state index contributed by atoms with van der Waals surface area (Å²) < 4.78 is 13.0. The van der Waals surface area contributed by atoms with Crippen LogP contribution in [-0.4, -0.2) is 10.0 Å². The molecule has 0 atom stereocenters. The molecule has 5 heteroatoms. The van der Waals surface area contributed by atoms with Gasteiger partial charge in [0.1, 0.15) is 11.6 Å². The normalized spacial score (nSPS) is 10.2. The van der Waals surface area contributed by atoms with Gasteiger partial charge in [0.15, 0.2) is 0 Å². The molecule has 0 saturated heterocycles. The Bertz CT molecular complexity index is 566. The molecular weight excluding hydrogens is 225 g/mol. The van der Waals surface area contributed by atoms with Crippen LogP contribution in [0.4, 0.5) is 10.1 Å². The zero-order chi connectivity index (χ0) is 12.4. The molecule has 2 rings (SSSR count). The predicted octanol–water partition coefficient (Wildman–Crippen LogP) is 3.11. The molecule has 1 N–H and O–H groups in total. The molecule has 0 aliphatic carbocycles. The van der Waals surface area contributed by atoms with Crippen molar-refractivity contribution in [2.45, 2.75) is 0 Å². The molecule has 0 spiro atoms. The molecule has 0 saturated carbocycles. The van der Waals surface area contributed by atoms with Crippen LogP contribution >= 0.6 is 0 Å². The number of aromatic hydroxyl groups is 1. The molecule has 2 aromatic rings. The zero-order valence-electron chi connectivity index (χ0n) is 8.63. The monoisotopic (exact) mass is 233 g/mol. The van der Waals surface area contributed by atoms with E-state index >= 15 is 0 Å². The maximum absolute atomic E-state index is 13.0. The first-order valence-corrected chi connectivity index (χ1v) is 4.81. The van der Waals surface area contributed by atoms with Crippen molar-refractivity contribution in [3.63, 3.8) is 0 Å². The second-order valence-electron chi connectivity index (χ2n) is 3.47. The lowest BCUT2D eigenvalue weighted by molar-refractivity contribution is -0.384. The minimum Gasteiger partial charge on any atom is -0.507 e. The van der Waals surface area contributed by atoms with Crippen molar-refractivity contribution in [2.75, 3.05) is 0 Å². The van der Waals surface area contributed by atoms with E-state index in [9.17, 15) is 19.6 Å². The van der Waals surface area contributed by atoms with Gasteiger partial charge in [0.05, 0.1) is 4.92 Å². The molecule has 0 unspecified atom stereocenters. The largest absolute Gasteiger partial charge is 0.507 e. The van der Waals surface area contributed by atoms with E-state index in [0.717, 1.165) is 6.07 Å². The molecule has 86 valence electrons. The number of nitro groups is 1. The zero-order valence-corrected chi connectivity index (χ0v) is 8.63. The van der Waals surface area contributed by atoms with E-state index in [2.05, 4.69) is 0 Å². The Labute approximate surface area is 96.1 Å². The quantitative estimate of drug-likeness (QED) is 0.640. The van der Waals surface area contributed by atoms with Crippen LogP contribution < -0.4 is 0 Å². The van der Waals surface area contributed by atoms with Crippen molar-refractivity contribution in [2.24, 2.45) is 0 Å². The number of hydrogen-bond donors (Lipinski definition) is 1. The fourth-order valence-electron chi connectivity index (χ4n) is 1.50. The highest BCUT2D eigenvalue weighted by atomic mass is 19.1. The van der Waals surface area contributed by atoms with E-state index < -0.39 is 10.7 Å². The standard InChI is InChI=1S/C12H8FNO3/c13-9-3-6-12(15)11(7-9)8-1-4-10(5-2-8)14(16)17/h1-7,15H. The first kappa shape index (κ1) is 11.1. The lowest BCUT2D eigenvalue weighted by atomic mass is 10.0. The summed E-state index contributed by atoms with van der Waals surface area (Å²) in [5, 5.41) is 20.0. The maximum atomic E-state index is 13.0. The molecule has 0 bridgehead atoms. The Kier molecular flexibility index (Phi) is 2.74. The highest BCUT2D eigenvalue weighted by molar-refractivity contribution is 5.70. The van der Waals surface area contributed by atoms with Crippen LogP contribution in [0.5, 0.6) is 5.75 Å². The summed E-state index contributed by atoms with van der Waals surface area (Å²) in [5.41, 5.74) is 0.775. The SMILES string of the molecule is O=[N+]([O-])c1ccc(-c2cc(F)ccc2O)cc1. The number of non-ortho nitro benzene ring substituents is 1. The van der Waals surface area contributed by atoms with E-state index in [0.29, 0.717) is 11.1 Å². The Morgan fingerprint density at radius 2 is 1.76 bits per heavy atom. The van der Waals surface area contributed by atoms with E-state index in [1.807, 2.05) is 0 Å². The number of halogens is 1. The molecular formula is C12H8FNO3. The van der Waals surface area contributed by atoms with Crippen molar-refractivity contribution >= 4 is 5.69 Å². The number of phenols is 1. The molecule has 0 aliphatic rings. The summed E-state index contributed by atoms with van der Waals surface area (Å²) in [6.45, 7) is 0. The fourth-order valence-corrected chi connectivity index (χ4v) is 1.50. The fraction of sp³-hybridized carbons (Fsp3) is 0. The van der Waals surface area contributed by atoms with Gasteiger partial charge in [-0.1, -0.05) is 0 Å². The first-order chi connectivity index (χ1) is 8.08. The highest BCUT2D eigenvalue weighted by Crippen LogP contribution is 2.30. The van der Waals surface area contributed by atoms with Gasteiger partial charge < -0.3 is 5.11 Å². The second kappa shape index (κ2) is 4.21. The van der Waals surface area contributed by atoms with Gasteiger partial charge in [-0.3, -0.25) is 10.1 Å². The van der Waals surface area contributed by atoms with Gasteiger partial charge in [0, 0.05) is 17.7 Å². The van der Waals surface area contributed by atoms with Crippen molar-refractivity contribution < 1.29 is 14.4 Å². The third-order valence-electron chi connectivity index (χ3n) is 2.35. The highest BCUT2D eigenvalue weighted by Gasteiger charge is 2.08. The molecule has 0 amide bonds. The lowest BCUT2D eigenvalue weighted by Crippen LogP contribution is -1.87. The van der Waals surface area contributed by atoms with Crippen LogP contribution in [0.3, 0.4) is 0 Å². The molecule has 0 aliphatic heterocycles. The lowest BCUT2D eigenvalue weighted by Gasteiger charge is -2.04. The van der Waals surface area contributed by atoms with Crippen LogP contribution in [0.25, 0.3) is 11.1 Å². The van der Waals surface area contributed by atoms with Crippen LogP contribution in [0.2, 0.25) is 0 Å². The van der Waals surface area contributed by atoms with Crippen molar-refractivity contribution in [3.8, 4) is 16.9 Å². The van der Waals surface area contributed by atoms with Gasteiger partial charge in [0.2, 0.25) is 0 Å². The Hall–Kier alpha value is -2.43. The molecule has 2 aromatic carbocycles. The third-order valence-corrected chi connectivity index (χ3v) is 2.35. The number of benzene rings is 2. The molecule has 17 heavy (non-hydrogen) atoms. The van der Waals surface area contributed by atoms with Crippen molar-refractivity contribution in [3.05, 3.63) is 58.4 Å². The van der Waals surface area contributed by atoms with Crippen LogP contribution in [0.15, 0.2) is 42.5 Å². The van der Waals surface area contributed by atoms with E-state index in [1.165, 1.54) is 36.4 Å². The van der Waals surface area contributed by atoms with Crippen molar-refractivity contribution in [1.82, 2.24) is 0 Å². The van der Waals surface area contributed by atoms with Crippen LogP contribution in [-0.2, 0) is 0 Å². The summed E-state index contributed by atoms with van der Waals surface area (Å²) in [7, 11) is 0. The van der Waals surface area contributed by atoms with Gasteiger partial charge in [0.25, 0.3) is 5.69 Å². The average Bonchev–Trinajstić information content (AvgIpc) is 2.32. The summed E-state index contributed by atoms with van der Waals surface area (Å²) >= 11 is 0. The number of phenolic OH excluding ortho intramolecular Hbond substituents is 1. The Morgan fingerprint density at radius 3 is 2.35 bits per heavy atom. The molecule has 0 heterocycles. The molecule has 4 nitrogen and oxygen atoms in total. The minimum atomic E-state index is -0.519. The Morgan fingerprint density at radius 1 is 1.12 bits per heavy atom.